The van der Waals surface area contributed by atoms with Gasteiger partial charge >= 0.3 is 7.32 Å². The SMILES string of the molecule is O.OCCOB(O)O. The van der Waals surface area contributed by atoms with Crippen LogP contribution in [0.15, 0.2) is 0 Å². The molecule has 0 amide bonds. The second-order valence-electron chi connectivity index (χ2n) is 0.921. The second-order valence-corrected chi connectivity index (χ2v) is 0.921. The van der Waals surface area contributed by atoms with Gasteiger partial charge in [-0.25, -0.2) is 0 Å². The van der Waals surface area contributed by atoms with Crippen LogP contribution in [-0.2, 0) is 4.65 Å². The molecule has 0 aromatic rings. The van der Waals surface area contributed by atoms with Crippen LogP contribution in [0.25, 0.3) is 0 Å². The number of rotatable bonds is 3. The first-order chi connectivity index (χ1) is 3.27. The molecule has 8 heavy (non-hydrogen) atoms. The minimum absolute atomic E-state index is 0. The Balaban J connectivity index is 0. The van der Waals surface area contributed by atoms with Crippen molar-refractivity contribution in [3.63, 3.8) is 0 Å². The molecule has 6 heteroatoms. The molecule has 0 saturated carbocycles. The average Bonchev–Trinajstić information content (AvgIpc) is 1.61. The normalized spacial score (nSPS) is 7.88. The lowest BCUT2D eigenvalue weighted by Gasteiger charge is -1.95. The molecule has 0 saturated heterocycles. The Morgan fingerprint density at radius 2 is 1.88 bits per heavy atom. The van der Waals surface area contributed by atoms with Gasteiger partial charge in [-0.3, -0.25) is 0 Å². The Labute approximate surface area is 47.0 Å². The minimum atomic E-state index is -1.76. The smallest absolute Gasteiger partial charge is 0.412 e. The van der Waals surface area contributed by atoms with Gasteiger partial charge in [0.25, 0.3) is 0 Å². The lowest BCUT2D eigenvalue weighted by molar-refractivity contribution is 0.141. The summed E-state index contributed by atoms with van der Waals surface area (Å²) in [6, 6.07) is 0. The van der Waals surface area contributed by atoms with Gasteiger partial charge < -0.3 is 25.3 Å². The molecule has 0 atom stereocenters. The van der Waals surface area contributed by atoms with E-state index in [0.29, 0.717) is 0 Å². The van der Waals surface area contributed by atoms with E-state index in [9.17, 15) is 0 Å². The van der Waals surface area contributed by atoms with Crippen LogP contribution in [0, 0.1) is 0 Å². The molecular formula is C2H9BO5. The highest BCUT2D eigenvalue weighted by atomic mass is 16.6. The zero-order valence-corrected chi connectivity index (χ0v) is 4.24. The van der Waals surface area contributed by atoms with Crippen LogP contribution in [0.3, 0.4) is 0 Å². The first-order valence-electron chi connectivity index (χ1n) is 1.86. The summed E-state index contributed by atoms with van der Waals surface area (Å²) in [7, 11) is -1.76. The predicted octanol–water partition coefficient (Wildman–Crippen LogP) is -2.86. The molecule has 0 rings (SSSR count). The fraction of sp³-hybridized carbons (Fsp3) is 1.00. The van der Waals surface area contributed by atoms with E-state index in [1.165, 1.54) is 0 Å². The first kappa shape index (κ1) is 10.8. The van der Waals surface area contributed by atoms with E-state index < -0.39 is 7.32 Å². The lowest BCUT2D eigenvalue weighted by atomic mass is 10.3. The maximum absolute atomic E-state index is 7.97. The van der Waals surface area contributed by atoms with Crippen LogP contribution in [0.2, 0.25) is 0 Å². The molecule has 0 spiro atoms. The molecule has 5 nitrogen and oxygen atoms in total. The van der Waals surface area contributed by atoms with Gasteiger partial charge in [0.1, 0.15) is 0 Å². The van der Waals surface area contributed by atoms with E-state index in [2.05, 4.69) is 4.65 Å². The van der Waals surface area contributed by atoms with Gasteiger partial charge in [0.2, 0.25) is 0 Å². The minimum Gasteiger partial charge on any atom is -0.412 e. The van der Waals surface area contributed by atoms with E-state index in [0.717, 1.165) is 0 Å². The molecule has 5 N–H and O–H groups in total. The molecule has 0 heterocycles. The summed E-state index contributed by atoms with van der Waals surface area (Å²) in [6.07, 6.45) is 0. The molecular weight excluding hydrogens is 115 g/mol. The topological polar surface area (TPSA) is 101 Å². The summed E-state index contributed by atoms with van der Waals surface area (Å²) in [5.41, 5.74) is 0. The fourth-order valence-electron chi connectivity index (χ4n) is 0.158. The van der Waals surface area contributed by atoms with Crippen LogP contribution in [-0.4, -0.2) is 41.2 Å². The van der Waals surface area contributed by atoms with Gasteiger partial charge in [-0.2, -0.15) is 0 Å². The number of hydrogen-bond donors (Lipinski definition) is 3. The van der Waals surface area contributed by atoms with Crippen molar-refractivity contribution in [1.82, 2.24) is 0 Å². The number of aliphatic hydroxyl groups excluding tert-OH is 1. The van der Waals surface area contributed by atoms with E-state index in [1.54, 1.807) is 0 Å². The van der Waals surface area contributed by atoms with Crippen molar-refractivity contribution in [1.29, 1.82) is 0 Å². The van der Waals surface area contributed by atoms with E-state index in [-0.39, 0.29) is 18.7 Å². The summed E-state index contributed by atoms with van der Waals surface area (Å²) in [5.74, 6) is 0. The van der Waals surface area contributed by atoms with E-state index >= 15 is 0 Å². The van der Waals surface area contributed by atoms with Gasteiger partial charge in [-0.1, -0.05) is 0 Å². The summed E-state index contributed by atoms with van der Waals surface area (Å²) in [4.78, 5) is 0. The zero-order chi connectivity index (χ0) is 5.70. The lowest BCUT2D eigenvalue weighted by Crippen LogP contribution is -2.18. The first-order valence-corrected chi connectivity index (χ1v) is 1.86. The Morgan fingerprint density at radius 1 is 1.38 bits per heavy atom. The van der Waals surface area contributed by atoms with Crippen molar-refractivity contribution in [3.8, 4) is 0 Å². The summed E-state index contributed by atoms with van der Waals surface area (Å²) < 4.78 is 4.05. The molecule has 0 aliphatic heterocycles. The van der Waals surface area contributed by atoms with Gasteiger partial charge in [0.15, 0.2) is 0 Å². The van der Waals surface area contributed by atoms with Gasteiger partial charge in [0, 0.05) is 0 Å². The van der Waals surface area contributed by atoms with Crippen LogP contribution < -0.4 is 0 Å². The molecule has 0 unspecified atom stereocenters. The molecule has 0 fully saturated rings. The molecule has 50 valence electrons. The molecule has 0 aliphatic carbocycles. The predicted molar refractivity (Wildman–Crippen MR) is 26.8 cm³/mol. The Kier molecular flexibility index (Phi) is 9.25. The molecule has 0 radical (unpaired) electrons. The average molecular weight is 124 g/mol. The summed E-state index contributed by atoms with van der Waals surface area (Å²) in [6.45, 7) is -0.241. The van der Waals surface area contributed by atoms with Crippen LogP contribution in [0.1, 0.15) is 0 Å². The quantitative estimate of drug-likeness (QED) is 0.352. The van der Waals surface area contributed by atoms with Crippen LogP contribution >= 0.6 is 0 Å². The van der Waals surface area contributed by atoms with E-state index in [1.807, 2.05) is 0 Å². The third kappa shape index (κ3) is 9.29. The van der Waals surface area contributed by atoms with Gasteiger partial charge in [-0.05, 0) is 0 Å². The van der Waals surface area contributed by atoms with Crippen LogP contribution in [0.4, 0.5) is 0 Å². The second kappa shape index (κ2) is 6.86. The molecule has 0 aliphatic rings. The molecule has 0 aromatic carbocycles. The Hall–Kier alpha value is -0.135. The monoisotopic (exact) mass is 124 g/mol. The highest BCUT2D eigenvalue weighted by Gasteiger charge is 2.05. The number of aliphatic hydroxyl groups is 1. The van der Waals surface area contributed by atoms with Crippen LogP contribution in [0.5, 0.6) is 0 Å². The third-order valence-electron chi connectivity index (χ3n) is 0.358. The van der Waals surface area contributed by atoms with Gasteiger partial charge in [0.05, 0.1) is 13.2 Å². The summed E-state index contributed by atoms with van der Waals surface area (Å²) >= 11 is 0. The fourth-order valence-corrected chi connectivity index (χ4v) is 0.158. The van der Waals surface area contributed by atoms with Crippen molar-refractivity contribution in [3.05, 3.63) is 0 Å². The summed E-state index contributed by atoms with van der Waals surface area (Å²) in [5, 5.41) is 23.8. The van der Waals surface area contributed by atoms with Crippen molar-refractivity contribution in [2.24, 2.45) is 0 Å². The molecule has 0 bridgehead atoms. The van der Waals surface area contributed by atoms with Gasteiger partial charge in [-0.15, -0.1) is 0 Å². The highest BCUT2D eigenvalue weighted by molar-refractivity contribution is 6.32. The maximum atomic E-state index is 7.97. The third-order valence-corrected chi connectivity index (χ3v) is 0.358. The largest absolute Gasteiger partial charge is 0.633 e. The Bertz CT molecular complexity index is 39.4. The molecule has 0 aromatic heterocycles. The van der Waals surface area contributed by atoms with Crippen molar-refractivity contribution >= 4 is 7.32 Å². The van der Waals surface area contributed by atoms with Crippen molar-refractivity contribution in [2.45, 2.75) is 0 Å². The highest BCUT2D eigenvalue weighted by Crippen LogP contribution is 1.70. The van der Waals surface area contributed by atoms with E-state index in [4.69, 9.17) is 15.2 Å². The maximum Gasteiger partial charge on any atom is 0.633 e. The standard InChI is InChI=1S/C2H7BO4.H2O/c4-1-2-7-3(5)6;/h4-6H,1-2H2;1H2. The van der Waals surface area contributed by atoms with Crippen molar-refractivity contribution < 1.29 is 25.3 Å². The Morgan fingerprint density at radius 3 is 2.00 bits per heavy atom. The van der Waals surface area contributed by atoms with Crippen molar-refractivity contribution in [2.75, 3.05) is 13.2 Å². The zero-order valence-electron chi connectivity index (χ0n) is 4.24. The number of hydrogen-bond acceptors (Lipinski definition) is 4.